The Hall–Kier alpha value is -1.87. The van der Waals surface area contributed by atoms with Gasteiger partial charge in [-0.1, -0.05) is 37.6 Å². The van der Waals surface area contributed by atoms with E-state index < -0.39 is 0 Å². The van der Waals surface area contributed by atoms with Gasteiger partial charge in [0.1, 0.15) is 12.4 Å². The summed E-state index contributed by atoms with van der Waals surface area (Å²) in [6.07, 6.45) is 1.81. The third kappa shape index (κ3) is 4.57. The number of aromatic nitrogens is 1. The highest BCUT2D eigenvalue weighted by Gasteiger charge is 2.07. The second kappa shape index (κ2) is 7.23. The summed E-state index contributed by atoms with van der Waals surface area (Å²) in [6.45, 7) is 9.77. The molecule has 0 bridgehead atoms. The molecule has 0 aliphatic rings. The Bertz CT molecular complexity index is 594. The quantitative estimate of drug-likeness (QED) is 0.876. The first-order chi connectivity index (χ1) is 10.1. The minimum atomic E-state index is 0.455. The number of ether oxygens (including phenoxy) is 1. The summed E-state index contributed by atoms with van der Waals surface area (Å²) < 4.78 is 5.99. The molecule has 0 unspecified atom stereocenters. The molecule has 3 nitrogen and oxygen atoms in total. The first-order valence-corrected chi connectivity index (χ1v) is 7.42. The van der Waals surface area contributed by atoms with Crippen molar-refractivity contribution in [2.24, 2.45) is 0 Å². The molecule has 1 aromatic heterocycles. The van der Waals surface area contributed by atoms with Crippen LogP contribution in [0, 0.1) is 13.8 Å². The third-order valence-corrected chi connectivity index (χ3v) is 3.40. The van der Waals surface area contributed by atoms with Gasteiger partial charge in [-0.2, -0.15) is 0 Å². The summed E-state index contributed by atoms with van der Waals surface area (Å²) in [6, 6.07) is 10.8. The zero-order valence-electron chi connectivity index (χ0n) is 13.3. The van der Waals surface area contributed by atoms with Crippen LogP contribution >= 0.6 is 0 Å². The molecule has 0 amide bonds. The topological polar surface area (TPSA) is 34.1 Å². The Kier molecular flexibility index (Phi) is 5.34. The Balaban J connectivity index is 2.10. The van der Waals surface area contributed by atoms with E-state index in [-0.39, 0.29) is 0 Å². The van der Waals surface area contributed by atoms with E-state index in [2.05, 4.69) is 56.2 Å². The molecule has 2 aromatic rings. The normalized spacial score (nSPS) is 10.9. The smallest absolute Gasteiger partial charge is 0.130 e. The van der Waals surface area contributed by atoms with Gasteiger partial charge in [0.25, 0.3) is 0 Å². The van der Waals surface area contributed by atoms with E-state index in [4.69, 9.17) is 4.74 Å². The molecule has 1 aromatic carbocycles. The molecule has 0 saturated heterocycles. The fourth-order valence-electron chi connectivity index (χ4n) is 2.12. The van der Waals surface area contributed by atoms with Crippen LogP contribution in [0.2, 0.25) is 0 Å². The van der Waals surface area contributed by atoms with E-state index in [0.717, 1.165) is 23.6 Å². The number of nitrogens with one attached hydrogen (secondary N) is 1. The largest absolute Gasteiger partial charge is 0.487 e. The first-order valence-electron chi connectivity index (χ1n) is 7.42. The summed E-state index contributed by atoms with van der Waals surface area (Å²) in [4.78, 5) is 4.37. The third-order valence-electron chi connectivity index (χ3n) is 3.40. The van der Waals surface area contributed by atoms with Gasteiger partial charge in [-0.3, -0.25) is 4.98 Å². The Morgan fingerprint density at radius 2 is 2.00 bits per heavy atom. The van der Waals surface area contributed by atoms with Gasteiger partial charge in [-0.25, -0.2) is 0 Å². The van der Waals surface area contributed by atoms with Gasteiger partial charge < -0.3 is 10.1 Å². The minimum Gasteiger partial charge on any atom is -0.487 e. The van der Waals surface area contributed by atoms with Gasteiger partial charge in [0.05, 0.1) is 5.69 Å². The molecule has 0 saturated carbocycles. The van der Waals surface area contributed by atoms with E-state index in [0.29, 0.717) is 12.6 Å². The predicted octanol–water partition coefficient (Wildman–Crippen LogP) is 3.78. The van der Waals surface area contributed by atoms with Crippen LogP contribution in [0.1, 0.15) is 36.2 Å². The average molecular weight is 284 g/mol. The Morgan fingerprint density at radius 1 is 1.19 bits per heavy atom. The lowest BCUT2D eigenvalue weighted by molar-refractivity contribution is 0.296. The summed E-state index contributed by atoms with van der Waals surface area (Å²) >= 11 is 0. The van der Waals surface area contributed by atoms with Crippen LogP contribution in [-0.2, 0) is 13.2 Å². The molecular formula is C18H24N2O. The minimum absolute atomic E-state index is 0.455. The molecule has 1 N–H and O–H groups in total. The van der Waals surface area contributed by atoms with Crippen molar-refractivity contribution in [2.75, 3.05) is 0 Å². The molecule has 0 aliphatic carbocycles. The van der Waals surface area contributed by atoms with Gasteiger partial charge in [-0.05, 0) is 31.5 Å². The second-order valence-electron chi connectivity index (χ2n) is 5.70. The first kappa shape index (κ1) is 15.5. The predicted molar refractivity (Wildman–Crippen MR) is 86.5 cm³/mol. The Labute approximate surface area is 127 Å². The average Bonchev–Trinajstić information content (AvgIpc) is 2.45. The van der Waals surface area contributed by atoms with Crippen LogP contribution in [0.3, 0.4) is 0 Å². The van der Waals surface area contributed by atoms with Crippen LogP contribution in [0.25, 0.3) is 0 Å². The highest BCUT2D eigenvalue weighted by atomic mass is 16.5. The molecule has 3 heteroatoms. The van der Waals surface area contributed by atoms with Crippen molar-refractivity contribution in [3.63, 3.8) is 0 Å². The lowest BCUT2D eigenvalue weighted by atomic mass is 10.1. The molecule has 0 atom stereocenters. The molecule has 0 fully saturated rings. The fraction of sp³-hybridized carbons (Fsp3) is 0.389. The van der Waals surface area contributed by atoms with Crippen molar-refractivity contribution in [1.82, 2.24) is 10.3 Å². The number of hydrogen-bond acceptors (Lipinski definition) is 3. The van der Waals surface area contributed by atoms with Crippen LogP contribution in [0.5, 0.6) is 5.75 Å². The van der Waals surface area contributed by atoms with Crippen LogP contribution in [-0.4, -0.2) is 11.0 Å². The SMILES string of the molecule is Cc1ccc(OCc2ncccc2C)c(CNC(C)C)c1. The van der Waals surface area contributed by atoms with Crippen molar-refractivity contribution < 1.29 is 4.74 Å². The second-order valence-corrected chi connectivity index (χ2v) is 5.70. The highest BCUT2D eigenvalue weighted by molar-refractivity contribution is 5.37. The molecule has 2 rings (SSSR count). The van der Waals surface area contributed by atoms with E-state index in [1.807, 2.05) is 18.3 Å². The standard InChI is InChI=1S/C18H24N2O/c1-13(2)20-11-16-10-14(3)7-8-18(16)21-12-17-15(4)6-5-9-19-17/h5-10,13,20H,11-12H2,1-4H3. The lowest BCUT2D eigenvalue weighted by Gasteiger charge is -2.15. The number of rotatable bonds is 6. The van der Waals surface area contributed by atoms with Crippen LogP contribution in [0.15, 0.2) is 36.5 Å². The molecule has 1 heterocycles. The zero-order valence-corrected chi connectivity index (χ0v) is 13.3. The maximum Gasteiger partial charge on any atom is 0.130 e. The molecule has 0 spiro atoms. The van der Waals surface area contributed by atoms with E-state index in [1.54, 1.807) is 0 Å². The Morgan fingerprint density at radius 3 is 2.71 bits per heavy atom. The number of nitrogens with zero attached hydrogens (tertiary/aromatic N) is 1. The lowest BCUT2D eigenvalue weighted by Crippen LogP contribution is -2.22. The van der Waals surface area contributed by atoms with E-state index >= 15 is 0 Å². The summed E-state index contributed by atoms with van der Waals surface area (Å²) in [5, 5.41) is 3.44. The van der Waals surface area contributed by atoms with Crippen molar-refractivity contribution in [3.05, 3.63) is 58.9 Å². The summed E-state index contributed by atoms with van der Waals surface area (Å²) in [5.41, 5.74) is 4.58. The van der Waals surface area contributed by atoms with Crippen molar-refractivity contribution in [3.8, 4) is 5.75 Å². The van der Waals surface area contributed by atoms with Crippen LogP contribution < -0.4 is 10.1 Å². The van der Waals surface area contributed by atoms with Crippen molar-refractivity contribution >= 4 is 0 Å². The molecule has 0 aliphatic heterocycles. The van der Waals surface area contributed by atoms with Gasteiger partial charge in [0.2, 0.25) is 0 Å². The fourth-order valence-corrected chi connectivity index (χ4v) is 2.12. The van der Waals surface area contributed by atoms with Gasteiger partial charge >= 0.3 is 0 Å². The summed E-state index contributed by atoms with van der Waals surface area (Å²) in [7, 11) is 0. The number of aryl methyl sites for hydroxylation is 2. The molecule has 21 heavy (non-hydrogen) atoms. The summed E-state index contributed by atoms with van der Waals surface area (Å²) in [5.74, 6) is 0.929. The number of hydrogen-bond donors (Lipinski definition) is 1. The van der Waals surface area contributed by atoms with Crippen molar-refractivity contribution in [2.45, 2.75) is 46.9 Å². The molecule has 112 valence electrons. The highest BCUT2D eigenvalue weighted by Crippen LogP contribution is 2.21. The number of benzene rings is 1. The van der Waals surface area contributed by atoms with E-state index in [9.17, 15) is 0 Å². The molecular weight excluding hydrogens is 260 g/mol. The molecule has 0 radical (unpaired) electrons. The van der Waals surface area contributed by atoms with Gasteiger partial charge in [0.15, 0.2) is 0 Å². The van der Waals surface area contributed by atoms with Crippen LogP contribution in [0.4, 0.5) is 0 Å². The van der Waals surface area contributed by atoms with Gasteiger partial charge in [0, 0.05) is 24.3 Å². The van der Waals surface area contributed by atoms with Gasteiger partial charge in [-0.15, -0.1) is 0 Å². The van der Waals surface area contributed by atoms with E-state index in [1.165, 1.54) is 11.1 Å². The maximum absolute atomic E-state index is 5.99. The number of pyridine rings is 1. The monoisotopic (exact) mass is 284 g/mol. The van der Waals surface area contributed by atoms with Crippen molar-refractivity contribution in [1.29, 1.82) is 0 Å². The zero-order chi connectivity index (χ0) is 15.2. The maximum atomic E-state index is 5.99.